The van der Waals surface area contributed by atoms with Crippen LogP contribution in [0.15, 0.2) is 44.8 Å². The van der Waals surface area contributed by atoms with E-state index in [0.717, 1.165) is 40.1 Å². The number of fused-ring (bicyclic) bond motifs is 3. The Labute approximate surface area is 162 Å². The Morgan fingerprint density at radius 2 is 1.88 bits per heavy atom. The number of Topliss-reactive ketones (excluding diaryl/α,β-unsaturated/α-hetero) is 1. The third-order valence-electron chi connectivity index (χ3n) is 5.26. The van der Waals surface area contributed by atoms with Gasteiger partial charge >= 0.3 is 0 Å². The van der Waals surface area contributed by atoms with Crippen LogP contribution in [0.25, 0.3) is 0 Å². The summed E-state index contributed by atoms with van der Waals surface area (Å²) in [5, 5.41) is 5.08. The number of nitrogens with zero attached hydrogens (tertiary/aromatic N) is 1. The van der Waals surface area contributed by atoms with Crippen LogP contribution >= 0.6 is 23.1 Å². The number of rotatable bonds is 5. The average Bonchev–Trinajstić information content (AvgIpc) is 3.12. The van der Waals surface area contributed by atoms with Crippen LogP contribution in [0.4, 0.5) is 0 Å². The minimum absolute atomic E-state index is 0.00842. The standard InChI is InChI=1S/C20H22N2O2S2/c1-13(23)16-11-19(25-12-16)26-17-4-2-15(3-5-17)20(24)21-18-10-14-6-8-22(18)9-7-14/h2-5,11-12,14,18H,6-10H2,1H3,(H,21,24). The molecule has 3 aliphatic heterocycles. The SMILES string of the molecule is CC(=O)c1csc(Sc2ccc(C(=O)NC3CC4CCN3CC4)cc2)c1. The summed E-state index contributed by atoms with van der Waals surface area (Å²) in [5.41, 5.74) is 1.46. The van der Waals surface area contributed by atoms with E-state index < -0.39 is 0 Å². The number of carbonyl (C=O) groups excluding carboxylic acids is 2. The molecular weight excluding hydrogens is 364 g/mol. The summed E-state index contributed by atoms with van der Waals surface area (Å²) >= 11 is 3.19. The molecule has 1 aromatic heterocycles. The Morgan fingerprint density at radius 3 is 2.46 bits per heavy atom. The topological polar surface area (TPSA) is 49.4 Å². The van der Waals surface area contributed by atoms with E-state index in [1.807, 2.05) is 35.7 Å². The molecule has 0 spiro atoms. The first-order valence-corrected chi connectivity index (χ1v) is 10.7. The van der Waals surface area contributed by atoms with Crippen molar-refractivity contribution >= 4 is 34.8 Å². The van der Waals surface area contributed by atoms with Crippen molar-refractivity contribution < 1.29 is 9.59 Å². The fourth-order valence-electron chi connectivity index (χ4n) is 3.70. The van der Waals surface area contributed by atoms with Gasteiger partial charge in [0, 0.05) is 34.5 Å². The van der Waals surface area contributed by atoms with Gasteiger partial charge in [0.25, 0.3) is 5.91 Å². The van der Waals surface area contributed by atoms with E-state index >= 15 is 0 Å². The molecule has 1 amide bonds. The van der Waals surface area contributed by atoms with E-state index in [4.69, 9.17) is 0 Å². The zero-order valence-corrected chi connectivity index (χ0v) is 16.4. The molecular formula is C20H22N2O2S2. The lowest BCUT2D eigenvalue weighted by molar-refractivity contribution is 0.0295. The molecule has 6 heteroatoms. The summed E-state index contributed by atoms with van der Waals surface area (Å²) in [6, 6.07) is 9.63. The molecule has 0 saturated carbocycles. The van der Waals surface area contributed by atoms with Gasteiger partial charge in [0.1, 0.15) is 0 Å². The van der Waals surface area contributed by atoms with Gasteiger partial charge in [-0.1, -0.05) is 11.8 Å². The number of nitrogens with one attached hydrogen (secondary N) is 1. The molecule has 0 radical (unpaired) electrons. The summed E-state index contributed by atoms with van der Waals surface area (Å²) in [6.45, 7) is 3.79. The van der Waals surface area contributed by atoms with Gasteiger partial charge in [-0.2, -0.15) is 0 Å². The highest BCUT2D eigenvalue weighted by Gasteiger charge is 2.34. The minimum atomic E-state index is 0.00842. The predicted octanol–water partition coefficient (Wildman–Crippen LogP) is 4.27. The molecule has 4 nitrogen and oxygen atoms in total. The maximum absolute atomic E-state index is 12.6. The van der Waals surface area contributed by atoms with E-state index in [-0.39, 0.29) is 17.9 Å². The number of piperidine rings is 3. The summed E-state index contributed by atoms with van der Waals surface area (Å²) in [7, 11) is 0. The van der Waals surface area contributed by atoms with Gasteiger partial charge < -0.3 is 5.32 Å². The number of thiophene rings is 1. The molecule has 2 bridgehead atoms. The van der Waals surface area contributed by atoms with Crippen LogP contribution in [-0.4, -0.2) is 35.8 Å². The highest BCUT2D eigenvalue weighted by atomic mass is 32.2. The number of amides is 1. The Kier molecular flexibility index (Phi) is 5.16. The largest absolute Gasteiger partial charge is 0.336 e. The zero-order valence-electron chi connectivity index (χ0n) is 14.7. The van der Waals surface area contributed by atoms with Crippen molar-refractivity contribution in [2.75, 3.05) is 13.1 Å². The van der Waals surface area contributed by atoms with Crippen molar-refractivity contribution in [3.05, 3.63) is 46.8 Å². The second-order valence-corrected chi connectivity index (χ2v) is 9.33. The van der Waals surface area contributed by atoms with E-state index in [9.17, 15) is 9.59 Å². The molecule has 1 N–H and O–H groups in total. The molecule has 26 heavy (non-hydrogen) atoms. The molecule has 136 valence electrons. The lowest BCUT2D eigenvalue weighted by Crippen LogP contribution is -2.56. The second kappa shape index (κ2) is 7.55. The molecule has 1 aromatic carbocycles. The Balaban J connectivity index is 1.37. The van der Waals surface area contributed by atoms with E-state index in [1.54, 1.807) is 30.0 Å². The van der Waals surface area contributed by atoms with Gasteiger partial charge in [0.05, 0.1) is 10.4 Å². The van der Waals surface area contributed by atoms with Gasteiger partial charge in [-0.05, 0) is 62.4 Å². The smallest absolute Gasteiger partial charge is 0.252 e. The normalized spacial score (nSPS) is 24.4. The fourth-order valence-corrected chi connectivity index (χ4v) is 5.68. The van der Waals surface area contributed by atoms with Crippen LogP contribution in [0.1, 0.15) is 46.9 Å². The highest BCUT2D eigenvalue weighted by molar-refractivity contribution is 8.01. The van der Waals surface area contributed by atoms with Crippen LogP contribution < -0.4 is 5.32 Å². The van der Waals surface area contributed by atoms with Crippen LogP contribution in [0.2, 0.25) is 0 Å². The maximum Gasteiger partial charge on any atom is 0.252 e. The lowest BCUT2D eigenvalue weighted by atomic mass is 9.86. The Bertz CT molecular complexity index is 807. The summed E-state index contributed by atoms with van der Waals surface area (Å²) in [5.74, 6) is 0.871. The Morgan fingerprint density at radius 1 is 1.15 bits per heavy atom. The van der Waals surface area contributed by atoms with Crippen LogP contribution in [0.3, 0.4) is 0 Å². The number of carbonyl (C=O) groups is 2. The lowest BCUT2D eigenvalue weighted by Gasteiger charge is -2.45. The molecule has 3 aliphatic rings. The van der Waals surface area contributed by atoms with Crippen LogP contribution in [0.5, 0.6) is 0 Å². The summed E-state index contributed by atoms with van der Waals surface area (Å²) in [6.07, 6.45) is 3.81. The minimum Gasteiger partial charge on any atom is -0.336 e. The first kappa shape index (κ1) is 17.8. The van der Waals surface area contributed by atoms with Crippen molar-refractivity contribution in [3.63, 3.8) is 0 Å². The van der Waals surface area contributed by atoms with Crippen molar-refractivity contribution in [2.24, 2.45) is 5.92 Å². The highest BCUT2D eigenvalue weighted by Crippen LogP contribution is 2.33. The third-order valence-corrected chi connectivity index (χ3v) is 7.35. The molecule has 5 rings (SSSR count). The number of hydrogen-bond acceptors (Lipinski definition) is 5. The monoisotopic (exact) mass is 386 g/mol. The van der Waals surface area contributed by atoms with Crippen molar-refractivity contribution in [1.82, 2.24) is 10.2 Å². The zero-order chi connectivity index (χ0) is 18.1. The van der Waals surface area contributed by atoms with Crippen molar-refractivity contribution in [2.45, 2.75) is 41.5 Å². The van der Waals surface area contributed by atoms with Gasteiger partial charge in [0.2, 0.25) is 0 Å². The van der Waals surface area contributed by atoms with Crippen LogP contribution in [-0.2, 0) is 0 Å². The van der Waals surface area contributed by atoms with E-state index in [1.165, 1.54) is 12.8 Å². The van der Waals surface area contributed by atoms with Crippen LogP contribution in [0, 0.1) is 5.92 Å². The molecule has 0 aliphatic carbocycles. The van der Waals surface area contributed by atoms with Crippen molar-refractivity contribution in [1.29, 1.82) is 0 Å². The molecule has 2 aromatic rings. The van der Waals surface area contributed by atoms with Gasteiger partial charge in [-0.15, -0.1) is 11.3 Å². The molecule has 1 atom stereocenters. The number of hydrogen-bond donors (Lipinski definition) is 1. The van der Waals surface area contributed by atoms with Gasteiger partial charge in [0.15, 0.2) is 5.78 Å². The van der Waals surface area contributed by atoms with Gasteiger partial charge in [-0.3, -0.25) is 14.5 Å². The van der Waals surface area contributed by atoms with E-state index in [0.29, 0.717) is 5.56 Å². The first-order valence-electron chi connectivity index (χ1n) is 9.01. The second-order valence-electron chi connectivity index (χ2n) is 7.04. The maximum atomic E-state index is 12.6. The summed E-state index contributed by atoms with van der Waals surface area (Å²) < 4.78 is 1.08. The quantitative estimate of drug-likeness (QED) is 0.780. The molecule has 3 saturated heterocycles. The van der Waals surface area contributed by atoms with Gasteiger partial charge in [-0.25, -0.2) is 0 Å². The van der Waals surface area contributed by atoms with Crippen molar-refractivity contribution in [3.8, 4) is 0 Å². The average molecular weight is 387 g/mol. The third kappa shape index (κ3) is 3.87. The fraction of sp³-hybridized carbons (Fsp3) is 0.400. The first-order chi connectivity index (χ1) is 12.6. The summed E-state index contributed by atoms with van der Waals surface area (Å²) in [4.78, 5) is 27.4. The Hall–Kier alpha value is -1.63. The predicted molar refractivity (Wildman–Crippen MR) is 105 cm³/mol. The molecule has 4 heterocycles. The number of ketones is 1. The van der Waals surface area contributed by atoms with E-state index in [2.05, 4.69) is 10.2 Å². The molecule has 1 unspecified atom stereocenters. The number of benzene rings is 1. The molecule has 3 fully saturated rings.